The van der Waals surface area contributed by atoms with Gasteiger partial charge in [-0.25, -0.2) is 0 Å². The fraction of sp³-hybridized carbons (Fsp3) is 0.750. The number of nitrogens with zero attached hydrogens (tertiary/aromatic N) is 3. The zero-order valence-corrected chi connectivity index (χ0v) is 22.4. The van der Waals surface area contributed by atoms with E-state index in [0.29, 0.717) is 71.5 Å². The quantitative estimate of drug-likeness (QED) is 0.189. The molecule has 212 valence electrons. The van der Waals surface area contributed by atoms with E-state index in [2.05, 4.69) is 18.1 Å². The molecule has 4 heterocycles. The topological polar surface area (TPSA) is 109 Å². The van der Waals surface area contributed by atoms with Gasteiger partial charge in [0.05, 0.1) is 37.8 Å². The van der Waals surface area contributed by atoms with Gasteiger partial charge in [-0.2, -0.15) is 0 Å². The lowest BCUT2D eigenvalue weighted by atomic mass is 9.70. The predicted octanol–water partition coefficient (Wildman–Crippen LogP) is 0.990. The Morgan fingerprint density at radius 1 is 1.16 bits per heavy atom. The van der Waals surface area contributed by atoms with E-state index >= 15 is 0 Å². The number of amides is 2. The van der Waals surface area contributed by atoms with Gasteiger partial charge >= 0.3 is 5.97 Å². The van der Waals surface area contributed by atoms with Crippen LogP contribution in [0, 0.1) is 11.8 Å². The fourth-order valence-corrected chi connectivity index (χ4v) is 6.54. The summed E-state index contributed by atoms with van der Waals surface area (Å²) in [5.74, 6) is -2.25. The van der Waals surface area contributed by atoms with Crippen molar-refractivity contribution in [3.05, 3.63) is 25.3 Å². The van der Waals surface area contributed by atoms with E-state index < -0.39 is 35.6 Å². The Hall–Kier alpha value is -2.27. The molecule has 2 amide bonds. The van der Waals surface area contributed by atoms with Crippen molar-refractivity contribution in [2.24, 2.45) is 11.8 Å². The van der Waals surface area contributed by atoms with Gasteiger partial charge in [-0.15, -0.1) is 13.2 Å². The average Bonchev–Trinajstić information content (AvgIpc) is 3.57. The average molecular weight is 534 g/mol. The molecule has 4 aliphatic heterocycles. The Kier molecular flexibility index (Phi) is 9.97. The highest BCUT2D eigenvalue weighted by atomic mass is 16.6. The third kappa shape index (κ3) is 5.68. The summed E-state index contributed by atoms with van der Waals surface area (Å²) in [6.45, 7) is 12.7. The number of carbonyl (C=O) groups is 3. The molecule has 1 spiro atoms. The third-order valence-electron chi connectivity index (χ3n) is 8.36. The van der Waals surface area contributed by atoms with Crippen LogP contribution >= 0.6 is 0 Å². The first-order chi connectivity index (χ1) is 18.5. The number of hydrogen-bond acceptors (Lipinski definition) is 8. The minimum Gasteiger partial charge on any atom is -0.465 e. The Bertz CT molecular complexity index is 877. The number of carbonyl (C=O) groups excluding carboxylic acids is 3. The number of aliphatic hydroxyl groups excluding tert-OH is 1. The van der Waals surface area contributed by atoms with E-state index in [0.717, 1.165) is 19.5 Å². The molecule has 4 fully saturated rings. The SMILES string of the molecule is C=CCCCOC(=O)[C@@H]1[C@H]2C(=O)N(CCCCO)C(C(=O)N(CC=C)CCN3CCOCC3)C23CC[C@H]1O3. The number of likely N-dealkylation sites (tertiary alicyclic amines) is 1. The van der Waals surface area contributed by atoms with Gasteiger partial charge in [0.15, 0.2) is 0 Å². The normalized spacial score (nSPS) is 30.3. The lowest BCUT2D eigenvalue weighted by Crippen LogP contribution is -2.57. The zero-order valence-electron chi connectivity index (χ0n) is 22.4. The van der Waals surface area contributed by atoms with Gasteiger partial charge in [-0.3, -0.25) is 19.3 Å². The predicted molar refractivity (Wildman–Crippen MR) is 140 cm³/mol. The molecule has 4 rings (SSSR count). The lowest BCUT2D eigenvalue weighted by Gasteiger charge is -2.37. The standard InChI is InChI=1S/C28H43N3O7/c1-3-5-8-18-37-27(35)22-21-9-10-28(38-21)23(22)25(33)31(12-6-7-17-32)24(28)26(34)30(11-4-2)14-13-29-15-19-36-20-16-29/h3-4,21-24,32H,1-2,5-20H2/t21-,22+,23+,24?,28?/m1/s1. The molecule has 0 aromatic heterocycles. The summed E-state index contributed by atoms with van der Waals surface area (Å²) in [7, 11) is 0. The molecular weight excluding hydrogens is 490 g/mol. The molecule has 10 nitrogen and oxygen atoms in total. The van der Waals surface area contributed by atoms with Crippen LogP contribution in [0.2, 0.25) is 0 Å². The number of allylic oxidation sites excluding steroid dienone is 1. The van der Waals surface area contributed by atoms with Crippen molar-refractivity contribution in [2.45, 2.75) is 56.3 Å². The molecule has 2 bridgehead atoms. The van der Waals surface area contributed by atoms with Crippen LogP contribution in [0.1, 0.15) is 38.5 Å². The van der Waals surface area contributed by atoms with Crippen molar-refractivity contribution in [2.75, 3.05) is 65.7 Å². The summed E-state index contributed by atoms with van der Waals surface area (Å²) >= 11 is 0. The maximum atomic E-state index is 14.2. The van der Waals surface area contributed by atoms with E-state index in [-0.39, 0.29) is 25.0 Å². The minimum absolute atomic E-state index is 0.00951. The van der Waals surface area contributed by atoms with E-state index in [1.807, 2.05) is 0 Å². The van der Waals surface area contributed by atoms with Crippen molar-refractivity contribution < 1.29 is 33.7 Å². The second-order valence-corrected chi connectivity index (χ2v) is 10.6. The van der Waals surface area contributed by atoms with Gasteiger partial charge < -0.3 is 29.1 Å². The first-order valence-corrected chi connectivity index (χ1v) is 14.0. The molecule has 1 N–H and O–H groups in total. The maximum absolute atomic E-state index is 14.2. The van der Waals surface area contributed by atoms with Gasteiger partial charge in [0, 0.05) is 45.9 Å². The number of morpholine rings is 1. The van der Waals surface area contributed by atoms with Crippen LogP contribution in [-0.4, -0.2) is 121 Å². The van der Waals surface area contributed by atoms with Crippen molar-refractivity contribution in [3.8, 4) is 0 Å². The van der Waals surface area contributed by atoms with Crippen LogP contribution in [0.3, 0.4) is 0 Å². The lowest BCUT2D eigenvalue weighted by molar-refractivity contribution is -0.155. The number of fused-ring (bicyclic) bond motifs is 1. The first-order valence-electron chi connectivity index (χ1n) is 14.0. The summed E-state index contributed by atoms with van der Waals surface area (Å²) < 4.78 is 17.5. The van der Waals surface area contributed by atoms with Gasteiger partial charge in [-0.1, -0.05) is 12.2 Å². The molecule has 0 radical (unpaired) electrons. The second-order valence-electron chi connectivity index (χ2n) is 10.6. The zero-order chi connectivity index (χ0) is 27.1. The highest BCUT2D eigenvalue weighted by Crippen LogP contribution is 2.58. The van der Waals surface area contributed by atoms with Gasteiger partial charge in [0.1, 0.15) is 11.6 Å². The molecule has 5 atom stereocenters. The molecule has 0 aromatic rings. The monoisotopic (exact) mass is 533 g/mol. The van der Waals surface area contributed by atoms with Crippen molar-refractivity contribution in [3.63, 3.8) is 0 Å². The van der Waals surface area contributed by atoms with Crippen molar-refractivity contribution >= 4 is 17.8 Å². The minimum atomic E-state index is -1.04. The van der Waals surface area contributed by atoms with E-state index in [4.69, 9.17) is 14.2 Å². The van der Waals surface area contributed by atoms with Crippen LogP contribution in [0.25, 0.3) is 0 Å². The summed E-state index contributed by atoms with van der Waals surface area (Å²) in [6, 6.07) is -0.813. The molecular formula is C28H43N3O7. The van der Waals surface area contributed by atoms with Crippen LogP contribution in [0.5, 0.6) is 0 Å². The maximum Gasteiger partial charge on any atom is 0.312 e. The molecule has 0 aromatic carbocycles. The van der Waals surface area contributed by atoms with Crippen molar-refractivity contribution in [1.29, 1.82) is 0 Å². The smallest absolute Gasteiger partial charge is 0.312 e. The van der Waals surface area contributed by atoms with E-state index in [1.165, 1.54) is 0 Å². The first kappa shape index (κ1) is 28.7. The van der Waals surface area contributed by atoms with Crippen LogP contribution < -0.4 is 0 Å². The van der Waals surface area contributed by atoms with E-state index in [9.17, 15) is 19.5 Å². The Labute approximate surface area is 225 Å². The summed E-state index contributed by atoms with van der Waals surface area (Å²) in [5, 5.41) is 9.34. The fourth-order valence-electron chi connectivity index (χ4n) is 6.54. The number of aliphatic hydroxyl groups is 1. The van der Waals surface area contributed by atoms with Crippen LogP contribution in [-0.2, 0) is 28.6 Å². The van der Waals surface area contributed by atoms with Gasteiger partial charge in [-0.05, 0) is 38.5 Å². The molecule has 38 heavy (non-hydrogen) atoms. The Balaban J connectivity index is 1.56. The number of ether oxygens (including phenoxy) is 3. The molecule has 2 unspecified atom stereocenters. The largest absolute Gasteiger partial charge is 0.465 e. The second kappa shape index (κ2) is 13.2. The third-order valence-corrected chi connectivity index (χ3v) is 8.36. The van der Waals surface area contributed by atoms with Crippen molar-refractivity contribution in [1.82, 2.24) is 14.7 Å². The summed E-state index contributed by atoms with van der Waals surface area (Å²) in [5.41, 5.74) is -1.04. The highest BCUT2D eigenvalue weighted by Gasteiger charge is 2.75. The Morgan fingerprint density at radius 2 is 1.95 bits per heavy atom. The number of esters is 1. The van der Waals surface area contributed by atoms with Crippen LogP contribution in [0.15, 0.2) is 25.3 Å². The molecule has 10 heteroatoms. The van der Waals surface area contributed by atoms with Gasteiger partial charge in [0.2, 0.25) is 11.8 Å². The molecule has 0 saturated carbocycles. The molecule has 4 saturated heterocycles. The summed E-state index contributed by atoms with van der Waals surface area (Å²) in [4.78, 5) is 47.0. The van der Waals surface area contributed by atoms with Crippen LogP contribution in [0.4, 0.5) is 0 Å². The Morgan fingerprint density at radius 3 is 2.66 bits per heavy atom. The summed E-state index contributed by atoms with van der Waals surface area (Å²) in [6.07, 6.45) is 6.71. The van der Waals surface area contributed by atoms with E-state index in [1.54, 1.807) is 22.0 Å². The molecule has 4 aliphatic rings. The number of hydrogen-bond donors (Lipinski definition) is 1. The number of unbranched alkanes of at least 4 members (excludes halogenated alkanes) is 2. The highest BCUT2D eigenvalue weighted by molar-refractivity contribution is 5.98. The molecule has 0 aliphatic carbocycles. The van der Waals surface area contributed by atoms with Gasteiger partial charge in [0.25, 0.3) is 0 Å². The number of rotatable bonds is 15.